The van der Waals surface area contributed by atoms with Crippen LogP contribution in [0.15, 0.2) is 120 Å². The fourth-order valence-electron chi connectivity index (χ4n) is 10.5. The van der Waals surface area contributed by atoms with Crippen molar-refractivity contribution in [2.24, 2.45) is 0 Å². The first-order valence-electron chi connectivity index (χ1n) is 18.8. The van der Waals surface area contributed by atoms with Crippen molar-refractivity contribution in [1.82, 2.24) is 19.1 Å². The van der Waals surface area contributed by atoms with Gasteiger partial charge in [-0.3, -0.25) is 9.13 Å². The molecule has 0 fully saturated rings. The molecule has 3 aromatic heterocycles. The van der Waals surface area contributed by atoms with Gasteiger partial charge in [-0.25, -0.2) is 9.97 Å². The maximum atomic E-state index is 6.90. The van der Waals surface area contributed by atoms with Crippen LogP contribution in [0.4, 0.5) is 0 Å². The lowest BCUT2D eigenvalue weighted by Gasteiger charge is -2.34. The molecule has 13 rings (SSSR count). The van der Waals surface area contributed by atoms with E-state index in [0.717, 1.165) is 50.2 Å². The van der Waals surface area contributed by atoms with E-state index < -0.39 is 0 Å². The van der Waals surface area contributed by atoms with Gasteiger partial charge >= 0.3 is 0 Å². The predicted octanol–water partition coefficient (Wildman–Crippen LogP) is 9.62. The van der Waals surface area contributed by atoms with Gasteiger partial charge in [0, 0.05) is 38.8 Å². The molecule has 54 heavy (non-hydrogen) atoms. The van der Waals surface area contributed by atoms with Crippen molar-refractivity contribution >= 4 is 67.1 Å². The summed E-state index contributed by atoms with van der Waals surface area (Å²) >= 11 is 0. The molecule has 0 aliphatic carbocycles. The maximum Gasteiger partial charge on any atom is 0.253 e. The molecule has 0 radical (unpaired) electrons. The average Bonchev–Trinajstić information content (AvgIpc) is 3.85. The van der Waals surface area contributed by atoms with Gasteiger partial charge in [0.15, 0.2) is 0 Å². The van der Waals surface area contributed by atoms with Gasteiger partial charge in [-0.15, -0.1) is 0 Å². The molecule has 0 bridgehead atoms. The van der Waals surface area contributed by atoms with Gasteiger partial charge in [0.1, 0.15) is 22.8 Å². The molecule has 3 aliphatic rings. The second kappa shape index (κ2) is 9.66. The minimum absolute atomic E-state index is 0.0366. The van der Waals surface area contributed by atoms with Gasteiger partial charge in [0.05, 0.1) is 22.1 Å². The molecule has 6 heteroatoms. The quantitative estimate of drug-likeness (QED) is 0.170. The van der Waals surface area contributed by atoms with E-state index in [1.54, 1.807) is 0 Å². The van der Waals surface area contributed by atoms with E-state index in [1.807, 2.05) is 0 Å². The highest BCUT2D eigenvalue weighted by molar-refractivity contribution is 7.02. The lowest BCUT2D eigenvalue weighted by molar-refractivity contribution is 0.670. The van der Waals surface area contributed by atoms with Crippen LogP contribution in [0.1, 0.15) is 22.3 Å². The number of imidazole rings is 2. The molecule has 3 aliphatic heterocycles. The van der Waals surface area contributed by atoms with Crippen molar-refractivity contribution in [2.45, 2.75) is 27.7 Å². The van der Waals surface area contributed by atoms with Gasteiger partial charge in [0.2, 0.25) is 0 Å². The fourth-order valence-corrected chi connectivity index (χ4v) is 10.5. The highest BCUT2D eigenvalue weighted by Gasteiger charge is 2.46. The summed E-state index contributed by atoms with van der Waals surface area (Å²) in [5, 5.41) is 2.27. The Morgan fingerprint density at radius 3 is 1.63 bits per heavy atom. The molecule has 0 spiro atoms. The van der Waals surface area contributed by atoms with Crippen LogP contribution in [0.2, 0.25) is 0 Å². The normalized spacial score (nSPS) is 13.1. The van der Waals surface area contributed by atoms with Gasteiger partial charge in [-0.1, -0.05) is 78.9 Å². The van der Waals surface area contributed by atoms with Crippen LogP contribution in [-0.4, -0.2) is 25.8 Å². The zero-order valence-electron chi connectivity index (χ0n) is 30.2. The number of hydrogen-bond donors (Lipinski definition) is 0. The molecule has 0 unspecified atom stereocenters. The molecular formula is C48H31BN4O. The monoisotopic (exact) mass is 690 g/mol. The first-order valence-corrected chi connectivity index (χ1v) is 18.8. The van der Waals surface area contributed by atoms with E-state index in [4.69, 9.17) is 14.4 Å². The summed E-state index contributed by atoms with van der Waals surface area (Å²) in [6.45, 7) is 8.79. The summed E-state index contributed by atoms with van der Waals surface area (Å²) in [5.74, 6) is 1.97. The molecular weight excluding hydrogens is 659 g/mol. The Morgan fingerprint density at radius 1 is 0.463 bits per heavy atom. The lowest BCUT2D eigenvalue weighted by Crippen LogP contribution is -2.60. The molecule has 0 amide bonds. The number of benzene rings is 7. The molecule has 0 saturated carbocycles. The first kappa shape index (κ1) is 28.9. The van der Waals surface area contributed by atoms with Gasteiger partial charge in [-0.05, 0) is 119 Å². The fraction of sp³-hybridized carbons (Fsp3) is 0.0833. The third-order valence-corrected chi connectivity index (χ3v) is 12.6. The smallest absolute Gasteiger partial charge is 0.253 e. The molecule has 6 heterocycles. The van der Waals surface area contributed by atoms with E-state index >= 15 is 0 Å². The Morgan fingerprint density at radius 2 is 1.00 bits per heavy atom. The lowest BCUT2D eigenvalue weighted by atomic mass is 9.33. The van der Waals surface area contributed by atoms with Crippen LogP contribution < -0.4 is 16.4 Å². The van der Waals surface area contributed by atoms with Crippen molar-refractivity contribution in [1.29, 1.82) is 0 Å². The average molecular weight is 691 g/mol. The summed E-state index contributed by atoms with van der Waals surface area (Å²) < 4.78 is 11.8. The van der Waals surface area contributed by atoms with Crippen molar-refractivity contribution in [3.63, 3.8) is 0 Å². The number of furan rings is 1. The van der Waals surface area contributed by atoms with Crippen LogP contribution in [0, 0.1) is 27.7 Å². The number of aromatic nitrogens is 4. The van der Waals surface area contributed by atoms with Crippen LogP contribution in [-0.2, 0) is 0 Å². The number of aryl methyl sites for hydroxylation is 4. The Bertz CT molecular complexity index is 3350. The first-order chi connectivity index (χ1) is 26.5. The van der Waals surface area contributed by atoms with Crippen LogP contribution in [0.3, 0.4) is 0 Å². The summed E-state index contributed by atoms with van der Waals surface area (Å²) in [5.41, 5.74) is 24.5. The number of hydrogen-bond acceptors (Lipinski definition) is 3. The van der Waals surface area contributed by atoms with Gasteiger partial charge in [-0.2, -0.15) is 0 Å². The Balaban J connectivity index is 1.29. The maximum absolute atomic E-state index is 6.90. The molecule has 0 saturated heterocycles. The Kier molecular flexibility index (Phi) is 5.16. The largest absolute Gasteiger partial charge is 0.455 e. The standard InChI is InChI=1S/C48H31BN4O/c1-24-10-7-11-25(2)38(24)47-50-33-22-20-30-29-18-19-31-28-14-5-6-17-37(28)54-46(31)40(29)32-21-23-34-45-42(32)49-41(30)44(33)52(47)35-15-9-16-36(43(35)49)53(45)48(51-34)39-26(3)12-8-13-27(39)4/h5-23H,1-4H3. The van der Waals surface area contributed by atoms with Crippen LogP contribution in [0.25, 0.3) is 100 Å². The van der Waals surface area contributed by atoms with Crippen LogP contribution in [0.5, 0.6) is 0 Å². The molecule has 0 N–H and O–H groups in total. The van der Waals surface area contributed by atoms with Gasteiger partial charge < -0.3 is 4.42 Å². The molecule has 0 atom stereocenters. The Labute approximate surface area is 311 Å². The van der Waals surface area contributed by atoms with Crippen LogP contribution >= 0.6 is 0 Å². The van der Waals surface area contributed by atoms with E-state index in [-0.39, 0.29) is 6.71 Å². The zero-order valence-corrected chi connectivity index (χ0v) is 30.2. The van der Waals surface area contributed by atoms with Crippen molar-refractivity contribution in [3.8, 4) is 56.4 Å². The Hall–Kier alpha value is -6.66. The summed E-state index contributed by atoms with van der Waals surface area (Å²) in [7, 11) is 0. The number of fused-ring (bicyclic) bond motifs is 9. The molecule has 7 aromatic carbocycles. The highest BCUT2D eigenvalue weighted by Crippen LogP contribution is 2.47. The predicted molar refractivity (Wildman–Crippen MR) is 222 cm³/mol. The third kappa shape index (κ3) is 3.26. The number of para-hydroxylation sites is 1. The van der Waals surface area contributed by atoms with Gasteiger partial charge in [0.25, 0.3) is 6.71 Å². The summed E-state index contributed by atoms with van der Waals surface area (Å²) in [6.07, 6.45) is 0. The zero-order chi connectivity index (χ0) is 35.7. The number of rotatable bonds is 2. The van der Waals surface area contributed by atoms with E-state index in [0.29, 0.717) is 0 Å². The SMILES string of the molecule is Cc1cccc(C)c1-c1nc2ccc3c4c2n1-c1cccc2c1B4c1c(ccc4nc(-c5c(C)cccc5C)n-2c14)-c1c-3ccc2c1oc1ccccc12. The minimum Gasteiger partial charge on any atom is -0.455 e. The number of nitrogens with zero attached hydrogens (tertiary/aromatic N) is 4. The second-order valence-electron chi connectivity index (χ2n) is 15.5. The molecule has 10 aromatic rings. The summed E-state index contributed by atoms with van der Waals surface area (Å²) in [4.78, 5) is 11.1. The van der Waals surface area contributed by atoms with E-state index in [9.17, 15) is 0 Å². The second-order valence-corrected chi connectivity index (χ2v) is 15.5. The minimum atomic E-state index is -0.0366. The molecule has 252 valence electrons. The summed E-state index contributed by atoms with van der Waals surface area (Å²) in [6, 6.07) is 42.1. The third-order valence-electron chi connectivity index (χ3n) is 12.6. The highest BCUT2D eigenvalue weighted by atomic mass is 16.3. The topological polar surface area (TPSA) is 48.8 Å². The van der Waals surface area contributed by atoms with E-state index in [1.165, 1.54) is 88.9 Å². The van der Waals surface area contributed by atoms with Crippen molar-refractivity contribution in [3.05, 3.63) is 138 Å². The van der Waals surface area contributed by atoms with Crippen molar-refractivity contribution in [2.75, 3.05) is 0 Å². The molecule has 5 nitrogen and oxygen atoms in total. The van der Waals surface area contributed by atoms with Crippen molar-refractivity contribution < 1.29 is 4.42 Å². The van der Waals surface area contributed by atoms with E-state index in [2.05, 4.69) is 152 Å².